The van der Waals surface area contributed by atoms with Crippen molar-refractivity contribution in [3.8, 4) is 55.9 Å². The van der Waals surface area contributed by atoms with Crippen molar-refractivity contribution in [3.63, 3.8) is 0 Å². The molecule has 0 saturated heterocycles. The van der Waals surface area contributed by atoms with Crippen molar-refractivity contribution in [1.82, 2.24) is 9.13 Å². The summed E-state index contributed by atoms with van der Waals surface area (Å²) in [5.41, 5.74) is 26.9. The van der Waals surface area contributed by atoms with Gasteiger partial charge in [0.1, 0.15) is 0 Å². The summed E-state index contributed by atoms with van der Waals surface area (Å²) in [6.07, 6.45) is 0. The van der Waals surface area contributed by atoms with E-state index in [0.29, 0.717) is 0 Å². The van der Waals surface area contributed by atoms with Crippen LogP contribution in [0.3, 0.4) is 0 Å². The lowest BCUT2D eigenvalue weighted by Crippen LogP contribution is -2.59. The maximum atomic E-state index is 2.68. The lowest BCUT2D eigenvalue weighted by molar-refractivity contribution is 1.14. The first-order valence-corrected chi connectivity index (χ1v) is 32.9. The smallest absolute Gasteiger partial charge is 0.252 e. The van der Waals surface area contributed by atoms with Crippen LogP contribution in [-0.2, 0) is 0 Å². The number of hydrogen-bond donors (Lipinski definition) is 0. The normalized spacial score (nSPS) is 12.2. The van der Waals surface area contributed by atoms with Crippen LogP contribution < -0.4 is 26.2 Å². The molecule has 4 heterocycles. The number of benzene rings is 16. The molecular formula is C90H57BN4. The van der Waals surface area contributed by atoms with Crippen LogP contribution in [0, 0.1) is 0 Å². The summed E-state index contributed by atoms with van der Waals surface area (Å²) in [6.45, 7) is -0.182. The van der Waals surface area contributed by atoms with E-state index in [0.717, 1.165) is 56.3 Å². The van der Waals surface area contributed by atoms with E-state index in [-0.39, 0.29) is 6.71 Å². The number of rotatable bonds is 10. The highest BCUT2D eigenvalue weighted by Gasteiger charge is 2.42. The largest absolute Gasteiger partial charge is 0.311 e. The second-order valence-electron chi connectivity index (χ2n) is 25.4. The van der Waals surface area contributed by atoms with Crippen LogP contribution >= 0.6 is 0 Å². The van der Waals surface area contributed by atoms with Gasteiger partial charge in [-0.25, -0.2) is 0 Å². The molecule has 0 unspecified atom stereocenters. The van der Waals surface area contributed by atoms with Crippen LogP contribution in [0.2, 0.25) is 0 Å². The Balaban J connectivity index is 0.973. The fourth-order valence-electron chi connectivity index (χ4n) is 16.5. The first-order chi connectivity index (χ1) is 47.2. The summed E-state index contributed by atoms with van der Waals surface area (Å²) < 4.78 is 5.34. The minimum Gasteiger partial charge on any atom is -0.311 e. The van der Waals surface area contributed by atoms with Gasteiger partial charge in [-0.2, -0.15) is 0 Å². The zero-order chi connectivity index (χ0) is 62.2. The number of fused-ring (bicyclic) bond motifs is 17. The number of hydrogen-bond acceptors (Lipinski definition) is 2. The SMILES string of the molecule is c1ccc(-c2cc(-c3ccccc3)c(-c3cc4c5c(c3)-n3c6ccc7c8ccccc8c8ccccc8c7c6c6cccc(c63)B5c3cc(N(c5ccccc5)c5ccccc5)cc5c6cc(N(c7ccccc7)c7ccccc7)ccc6n-4c35)c(-c3ccccc3)c2)cc1. The molecule has 440 valence electrons. The molecule has 0 amide bonds. The van der Waals surface area contributed by atoms with Crippen LogP contribution in [0.1, 0.15) is 0 Å². The molecule has 20 rings (SSSR count). The van der Waals surface area contributed by atoms with Crippen LogP contribution in [-0.4, -0.2) is 15.8 Å². The van der Waals surface area contributed by atoms with Gasteiger partial charge in [0.15, 0.2) is 0 Å². The molecular weight excluding hydrogens is 1150 g/mol. The lowest BCUT2D eigenvalue weighted by Gasteiger charge is -2.35. The molecule has 2 aliphatic heterocycles. The van der Waals surface area contributed by atoms with Gasteiger partial charge in [0.05, 0.1) is 11.0 Å². The fraction of sp³-hybridized carbons (Fsp3) is 0. The van der Waals surface area contributed by atoms with Crippen molar-refractivity contribution >= 4 is 133 Å². The first-order valence-electron chi connectivity index (χ1n) is 32.9. The second-order valence-corrected chi connectivity index (χ2v) is 25.4. The second kappa shape index (κ2) is 21.1. The summed E-state index contributed by atoms with van der Waals surface area (Å²) in [7, 11) is 0. The van der Waals surface area contributed by atoms with Gasteiger partial charge in [-0.15, -0.1) is 0 Å². The van der Waals surface area contributed by atoms with Crippen molar-refractivity contribution in [2.24, 2.45) is 0 Å². The minimum atomic E-state index is -0.182. The fourth-order valence-corrected chi connectivity index (χ4v) is 16.5. The van der Waals surface area contributed by atoms with E-state index >= 15 is 0 Å². The van der Waals surface area contributed by atoms with Crippen LogP contribution in [0.25, 0.3) is 132 Å². The van der Waals surface area contributed by atoms with Crippen molar-refractivity contribution in [2.45, 2.75) is 0 Å². The van der Waals surface area contributed by atoms with Crippen LogP contribution in [0.4, 0.5) is 34.1 Å². The van der Waals surface area contributed by atoms with Gasteiger partial charge in [-0.3, -0.25) is 0 Å². The predicted octanol–water partition coefficient (Wildman–Crippen LogP) is 22.1. The molecule has 0 atom stereocenters. The van der Waals surface area contributed by atoms with E-state index in [2.05, 4.69) is 365 Å². The van der Waals surface area contributed by atoms with Gasteiger partial charge in [-0.1, -0.05) is 237 Å². The Morgan fingerprint density at radius 3 is 1.20 bits per heavy atom. The quantitative estimate of drug-likeness (QED) is 0.100. The van der Waals surface area contributed by atoms with Gasteiger partial charge >= 0.3 is 0 Å². The van der Waals surface area contributed by atoms with Crippen molar-refractivity contribution in [2.75, 3.05) is 9.80 Å². The Labute approximate surface area is 550 Å². The molecule has 0 N–H and O–H groups in total. The highest BCUT2D eigenvalue weighted by molar-refractivity contribution is 7.00. The number of anilines is 6. The Kier molecular flexibility index (Phi) is 11.8. The first kappa shape index (κ1) is 53.2. The third-order valence-electron chi connectivity index (χ3n) is 20.4. The average Bonchev–Trinajstić information content (AvgIpc) is 1.55. The van der Waals surface area contributed by atoms with Crippen LogP contribution in [0.5, 0.6) is 0 Å². The summed E-state index contributed by atoms with van der Waals surface area (Å²) in [6, 6.07) is 129. The molecule has 2 aliphatic rings. The molecule has 2 aromatic heterocycles. The van der Waals surface area contributed by atoms with E-state index < -0.39 is 0 Å². The average molecular weight is 1210 g/mol. The van der Waals surface area contributed by atoms with Gasteiger partial charge in [0.2, 0.25) is 0 Å². The number of nitrogens with zero attached hydrogens (tertiary/aromatic N) is 4. The molecule has 0 spiro atoms. The third-order valence-corrected chi connectivity index (χ3v) is 20.4. The predicted molar refractivity (Wildman–Crippen MR) is 403 cm³/mol. The van der Waals surface area contributed by atoms with Crippen molar-refractivity contribution in [1.29, 1.82) is 0 Å². The van der Waals surface area contributed by atoms with Gasteiger partial charge < -0.3 is 18.9 Å². The van der Waals surface area contributed by atoms with E-state index in [1.54, 1.807) is 0 Å². The zero-order valence-electron chi connectivity index (χ0n) is 51.8. The summed E-state index contributed by atoms with van der Waals surface area (Å²) in [5.74, 6) is 0. The molecule has 0 aliphatic carbocycles. The molecule has 5 heteroatoms. The Bertz CT molecular complexity index is 5950. The molecule has 0 radical (unpaired) electrons. The lowest BCUT2D eigenvalue weighted by atomic mass is 9.34. The van der Waals surface area contributed by atoms with E-state index in [9.17, 15) is 0 Å². The minimum absolute atomic E-state index is 0.182. The van der Waals surface area contributed by atoms with E-state index in [1.807, 2.05) is 0 Å². The van der Waals surface area contributed by atoms with Crippen molar-refractivity contribution in [3.05, 3.63) is 346 Å². The maximum Gasteiger partial charge on any atom is 0.252 e. The molecule has 16 aromatic carbocycles. The van der Waals surface area contributed by atoms with Crippen molar-refractivity contribution < 1.29 is 0 Å². The number of para-hydroxylation sites is 5. The molecule has 0 fully saturated rings. The summed E-state index contributed by atoms with van der Waals surface area (Å²) in [5, 5.41) is 12.5. The molecule has 0 saturated carbocycles. The van der Waals surface area contributed by atoms with E-state index in [4.69, 9.17) is 0 Å². The molecule has 18 aromatic rings. The van der Waals surface area contributed by atoms with Gasteiger partial charge in [0.25, 0.3) is 6.71 Å². The third kappa shape index (κ3) is 8.03. The highest BCUT2D eigenvalue weighted by Crippen LogP contribution is 2.51. The van der Waals surface area contributed by atoms with Gasteiger partial charge in [0, 0.05) is 83.5 Å². The zero-order valence-corrected chi connectivity index (χ0v) is 51.8. The highest BCUT2D eigenvalue weighted by atomic mass is 15.2. The Morgan fingerprint density at radius 2 is 0.653 bits per heavy atom. The molecule has 0 bridgehead atoms. The standard InChI is InChI=1S/C90H57BN4/c1-8-27-58(28-9-1)61-51-75(59-29-10-2-11-30-59)85(76(52-61)60-31-12-3-13-32-60)62-53-83-88-84(54-62)95-82-50-48-73-71-43-23-22-41-69(71)70-42-24-25-44-72(70)86(73)87(82)74-45-26-46-79(89(74)95)91(88)80-57-68(93(65-37-18-6-19-38-65)66-39-20-7-21-40-66)56-78-77-55-67(47-49-81(77)94(83)90(78)80)92(63-33-14-4-15-34-63)64-35-16-5-17-36-64/h1-57H. The summed E-state index contributed by atoms with van der Waals surface area (Å²) in [4.78, 5) is 4.86. The number of aromatic nitrogens is 2. The Hall–Kier alpha value is -12.4. The monoisotopic (exact) mass is 1200 g/mol. The van der Waals surface area contributed by atoms with Crippen LogP contribution in [0.15, 0.2) is 346 Å². The maximum absolute atomic E-state index is 2.68. The summed E-state index contributed by atoms with van der Waals surface area (Å²) >= 11 is 0. The Morgan fingerprint density at radius 1 is 0.232 bits per heavy atom. The van der Waals surface area contributed by atoms with E-state index in [1.165, 1.54) is 126 Å². The topological polar surface area (TPSA) is 16.3 Å². The molecule has 4 nitrogen and oxygen atoms in total. The van der Waals surface area contributed by atoms with Gasteiger partial charge in [-0.05, 0) is 197 Å². The molecule has 95 heavy (non-hydrogen) atoms.